The number of hydrogen-bond acceptors (Lipinski definition) is 17. The van der Waals surface area contributed by atoms with E-state index in [4.69, 9.17) is 49.1 Å². The number of aromatic nitrogens is 8. The first-order valence-electron chi connectivity index (χ1n) is 45.9. The number of nitrogens with zero attached hydrogens (tertiary/aromatic N) is 10. The van der Waals surface area contributed by atoms with Gasteiger partial charge >= 0.3 is 0 Å². The van der Waals surface area contributed by atoms with Gasteiger partial charge < -0.3 is 34.6 Å². The summed E-state index contributed by atoms with van der Waals surface area (Å²) < 4.78 is 17.8. The molecule has 0 saturated carbocycles. The third-order valence-electron chi connectivity index (χ3n) is 25.0. The Morgan fingerprint density at radius 2 is 0.465 bits per heavy atom. The van der Waals surface area contributed by atoms with E-state index in [0.29, 0.717) is 46.7 Å². The van der Waals surface area contributed by atoms with Gasteiger partial charge in [-0.15, -0.1) is 12.1 Å². The van der Waals surface area contributed by atoms with Gasteiger partial charge in [0.1, 0.15) is 40.5 Å². The monoisotopic (exact) mass is 2600 g/mol. The Bertz CT molecular complexity index is 7140. The number of hydrogen-bond donors (Lipinski definition) is 4. The van der Waals surface area contributed by atoms with Crippen molar-refractivity contribution in [2.45, 2.75) is 135 Å². The first-order valence-corrected chi connectivity index (χ1v) is 45.9. The maximum atomic E-state index is 10.6. The predicted molar refractivity (Wildman–Crippen MR) is 549 cm³/mol. The van der Waals surface area contributed by atoms with Gasteiger partial charge in [0.15, 0.2) is 11.5 Å². The summed E-state index contributed by atoms with van der Waals surface area (Å²) in [6.07, 6.45) is 0. The molecule has 0 spiro atoms. The Morgan fingerprint density at radius 1 is 0.204 bits per heavy atom. The van der Waals surface area contributed by atoms with Gasteiger partial charge in [-0.05, 0) is 141 Å². The van der Waals surface area contributed by atoms with E-state index in [9.17, 15) is 20.4 Å². The van der Waals surface area contributed by atoms with Crippen molar-refractivity contribution in [3.63, 3.8) is 0 Å². The van der Waals surface area contributed by atoms with E-state index in [2.05, 4.69) is 178 Å². The standard InChI is InChI=1S/C34H32N3O.C31H33N2O.C28H20N3O3.C28H27N2O2.4Pt/c1-33(2,25-15-7-5-8-16-25)29-21-13-23-31(35-29)37(26-17-9-6-10-18-26)32-24-14-22-30(36-32)34(3,4)27-19-11-12-20-28(27)38;1-29(2,22-14-8-7-9-15-22)25-18-12-20-27(32-25)31(5,6)28-21-13-19-26(33-28)30(3,4)23-16-10-11-17-24(23)34;32-23-15-7-8-16-24(23)34-28-20-10-18-26(30-28)31(21-11-3-1-4-12-21)25-17-9-19-27(29-25)33-22-13-5-2-6-14-22;1-27(2,20-12-6-5-7-13-20)23-16-10-18-25(29-23)32-26-19-11-17-24(30-26)28(3,4)21-14-8-9-15-22(21)31;;;;/h5-15,17-24,38H,1-4H3;7-14,16-21,34H,1-6H3;1-13,15-20,32H;5-12,14-19,31H,1-4H3;;;;/q4*-1;;;;. The van der Waals surface area contributed by atoms with Crippen LogP contribution in [0.4, 0.5) is 34.6 Å². The van der Waals surface area contributed by atoms with Crippen LogP contribution in [0.5, 0.6) is 58.0 Å². The molecular formula is C121H112N10O7Pt4-4. The number of para-hydroxylation sites is 8. The Kier molecular flexibility index (Phi) is 36.9. The third kappa shape index (κ3) is 25.6. The number of benzene rings is 10. The molecule has 0 bridgehead atoms. The first-order chi connectivity index (χ1) is 66.4. The van der Waals surface area contributed by atoms with Gasteiger partial charge in [-0.1, -0.05) is 235 Å². The summed E-state index contributed by atoms with van der Waals surface area (Å²) in [7, 11) is 0. The van der Waals surface area contributed by atoms with Crippen molar-refractivity contribution in [2.24, 2.45) is 0 Å². The zero-order valence-electron chi connectivity index (χ0n) is 81.4. The topological polar surface area (TPSA) is 218 Å². The molecule has 21 heteroatoms. The van der Waals surface area contributed by atoms with Crippen LogP contribution < -0.4 is 24.0 Å². The molecule has 0 unspecified atom stereocenters. The Hall–Kier alpha value is -13.6. The predicted octanol–water partition coefficient (Wildman–Crippen LogP) is 28.5. The summed E-state index contributed by atoms with van der Waals surface area (Å²) >= 11 is 0. The summed E-state index contributed by atoms with van der Waals surface area (Å²) in [5.74, 6) is 6.20. The number of anilines is 6. The summed E-state index contributed by atoms with van der Waals surface area (Å²) in [5, 5.41) is 41.5. The Balaban J connectivity index is 0.000000179. The van der Waals surface area contributed by atoms with Crippen LogP contribution in [0.3, 0.4) is 0 Å². The van der Waals surface area contributed by atoms with E-state index in [0.717, 1.165) is 102 Å². The molecule has 0 saturated heterocycles. The van der Waals surface area contributed by atoms with E-state index in [-0.39, 0.29) is 124 Å². The smallest absolute Gasteiger partial charge is 0.221 e. The average Bonchev–Trinajstić information content (AvgIpc) is 0.765. The van der Waals surface area contributed by atoms with Crippen molar-refractivity contribution in [1.82, 2.24) is 39.9 Å². The van der Waals surface area contributed by atoms with Crippen LogP contribution in [-0.2, 0) is 122 Å². The minimum absolute atomic E-state index is 0. The zero-order valence-corrected chi connectivity index (χ0v) is 90.4. The van der Waals surface area contributed by atoms with Crippen LogP contribution in [-0.4, -0.2) is 60.3 Å². The molecule has 10 aromatic carbocycles. The molecule has 0 aliphatic heterocycles. The molecule has 18 rings (SSSR count). The fourth-order valence-corrected chi connectivity index (χ4v) is 16.4. The molecule has 142 heavy (non-hydrogen) atoms. The van der Waals surface area contributed by atoms with Gasteiger partial charge in [-0.3, -0.25) is 19.8 Å². The van der Waals surface area contributed by atoms with Crippen LogP contribution in [0, 0.1) is 24.3 Å². The second-order valence-electron chi connectivity index (χ2n) is 37.1. The van der Waals surface area contributed by atoms with Crippen molar-refractivity contribution in [2.75, 3.05) is 9.80 Å². The molecule has 4 N–H and O–H groups in total. The fraction of sp³-hybridized carbons (Fsp3) is 0.174. The van der Waals surface area contributed by atoms with Gasteiger partial charge in [0.25, 0.3) is 0 Å². The van der Waals surface area contributed by atoms with Gasteiger partial charge in [0.05, 0.1) is 39.9 Å². The van der Waals surface area contributed by atoms with Crippen molar-refractivity contribution in [3.05, 3.63) is 504 Å². The zero-order chi connectivity index (χ0) is 97.3. The second-order valence-corrected chi connectivity index (χ2v) is 37.1. The molecule has 732 valence electrons. The normalized spacial score (nSPS) is 11.3. The summed E-state index contributed by atoms with van der Waals surface area (Å²) in [6.45, 7) is 29.7. The minimum atomic E-state index is -0.510. The number of ether oxygens (including phenoxy) is 3. The van der Waals surface area contributed by atoms with Crippen molar-refractivity contribution >= 4 is 34.6 Å². The molecular weight excluding hydrogens is 2490 g/mol. The maximum absolute atomic E-state index is 10.6. The molecule has 0 aliphatic carbocycles. The molecule has 18 aromatic rings. The summed E-state index contributed by atoms with van der Waals surface area (Å²) in [5.41, 5.74) is 12.1. The van der Waals surface area contributed by atoms with Crippen LogP contribution >= 0.6 is 0 Å². The van der Waals surface area contributed by atoms with E-state index in [1.54, 1.807) is 60.7 Å². The van der Waals surface area contributed by atoms with E-state index < -0.39 is 21.7 Å². The molecule has 0 radical (unpaired) electrons. The van der Waals surface area contributed by atoms with Crippen molar-refractivity contribution < 1.29 is 119 Å². The Morgan fingerprint density at radius 3 is 0.817 bits per heavy atom. The van der Waals surface area contributed by atoms with Crippen LogP contribution in [0.1, 0.15) is 176 Å². The second kappa shape index (κ2) is 48.2. The number of rotatable bonds is 26. The summed E-state index contributed by atoms with van der Waals surface area (Å²) in [6, 6.07) is 141. The molecule has 0 aliphatic rings. The molecule has 0 atom stereocenters. The molecule has 17 nitrogen and oxygen atoms in total. The van der Waals surface area contributed by atoms with E-state index in [1.807, 2.05) is 298 Å². The van der Waals surface area contributed by atoms with Crippen LogP contribution in [0.2, 0.25) is 0 Å². The van der Waals surface area contributed by atoms with E-state index >= 15 is 0 Å². The van der Waals surface area contributed by atoms with Gasteiger partial charge in [-0.25, -0.2) is 19.9 Å². The van der Waals surface area contributed by atoms with Crippen LogP contribution in [0.15, 0.2) is 400 Å². The van der Waals surface area contributed by atoms with Crippen molar-refractivity contribution in [3.8, 4) is 58.0 Å². The van der Waals surface area contributed by atoms with Crippen LogP contribution in [0.25, 0.3) is 0 Å². The number of phenolic OH excluding ortho intramolecular Hbond substituents is 4. The Labute approximate surface area is 891 Å². The average molecular weight is 2600 g/mol. The summed E-state index contributed by atoms with van der Waals surface area (Å²) in [4.78, 5) is 43.4. The molecule has 0 amide bonds. The third-order valence-corrected chi connectivity index (χ3v) is 25.0. The minimum Gasteiger partial charge on any atom is -0.508 e. The van der Waals surface area contributed by atoms with Gasteiger partial charge in [0.2, 0.25) is 23.5 Å². The number of phenols is 4. The molecule has 8 heterocycles. The van der Waals surface area contributed by atoms with E-state index in [1.165, 1.54) is 0 Å². The first kappa shape index (κ1) is 109. The SMILES string of the molecule is CC(C)(c1[c-]cccc1)c1cccc(C(C)(C)c2cccc(C(C)(C)c3ccccc3O)n2)n1.CC(C)(c1[c-]cccc1)c1cccc(N(c2ccccc2)c2cccc(C(C)(C)c3ccccc3O)n2)n1.CC(C)(c1[c-]cccc1)c1cccc(Oc2cccc(C(C)(C)c3ccccc3O)n2)n1.Oc1ccccc1Oc1cccc(N(c2ccccc2)c2cccc(Oc3[c-]cccc3)n2)n1.[Pt].[Pt].[Pt].[Pt]. The molecule has 8 aromatic heterocycles. The molecule has 0 fully saturated rings. The fourth-order valence-electron chi connectivity index (χ4n) is 16.4. The quantitative estimate of drug-likeness (QED) is 0.0371. The van der Waals surface area contributed by atoms with Crippen molar-refractivity contribution in [1.29, 1.82) is 0 Å². The maximum Gasteiger partial charge on any atom is 0.221 e. The number of aromatic hydroxyl groups is 4. The van der Waals surface area contributed by atoms with Gasteiger partial charge in [-0.2, -0.15) is 136 Å². The largest absolute Gasteiger partial charge is 0.508 e. The number of pyridine rings is 8. The van der Waals surface area contributed by atoms with Gasteiger partial charge in [0, 0.05) is 186 Å².